The molecule has 4 heteroatoms. The van der Waals surface area contributed by atoms with Gasteiger partial charge in [0.25, 0.3) is 0 Å². The molecule has 0 radical (unpaired) electrons. The average molecular weight is 279 g/mol. The maximum atomic E-state index is 13.5. The first kappa shape index (κ1) is 14.9. The van der Waals surface area contributed by atoms with Gasteiger partial charge in [0.1, 0.15) is 5.76 Å². The zero-order chi connectivity index (χ0) is 14.4. The highest BCUT2D eigenvalue weighted by molar-refractivity contribution is 5.35. The third kappa shape index (κ3) is 3.51. The van der Waals surface area contributed by atoms with E-state index in [-0.39, 0.29) is 17.6 Å². The molecule has 2 rings (SSSR count). The fraction of sp³-hybridized carbons (Fsp3) is 0.500. The number of hydrogen-bond donors (Lipinski definition) is 1. The molecule has 1 aromatic carbocycles. The van der Waals surface area contributed by atoms with E-state index < -0.39 is 0 Å². The molecular formula is C16H22FNO2. The van der Waals surface area contributed by atoms with Gasteiger partial charge in [-0.3, -0.25) is 0 Å². The minimum absolute atomic E-state index is 0.0373. The monoisotopic (exact) mass is 279 g/mol. The van der Waals surface area contributed by atoms with Crippen LogP contribution in [0.15, 0.2) is 30.0 Å². The number of ether oxygens (including phenoxy) is 2. The van der Waals surface area contributed by atoms with Crippen LogP contribution in [0, 0.1) is 5.82 Å². The highest BCUT2D eigenvalue weighted by Gasteiger charge is 2.20. The predicted molar refractivity (Wildman–Crippen MR) is 77.3 cm³/mol. The number of benzene rings is 1. The first-order valence-electron chi connectivity index (χ1n) is 7.16. The van der Waals surface area contributed by atoms with E-state index in [2.05, 4.69) is 18.3 Å². The van der Waals surface area contributed by atoms with Crippen LogP contribution in [-0.2, 0) is 4.74 Å². The summed E-state index contributed by atoms with van der Waals surface area (Å²) >= 11 is 0. The normalized spacial score (nSPS) is 16.2. The van der Waals surface area contributed by atoms with Crippen molar-refractivity contribution >= 4 is 0 Å². The van der Waals surface area contributed by atoms with Crippen molar-refractivity contribution in [3.05, 3.63) is 41.4 Å². The van der Waals surface area contributed by atoms with E-state index in [0.717, 1.165) is 43.7 Å². The van der Waals surface area contributed by atoms with Crippen LogP contribution in [0.4, 0.5) is 4.39 Å². The highest BCUT2D eigenvalue weighted by Crippen LogP contribution is 2.29. The van der Waals surface area contributed by atoms with Crippen molar-refractivity contribution in [2.75, 3.05) is 20.3 Å². The summed E-state index contributed by atoms with van der Waals surface area (Å²) in [4.78, 5) is 0. The number of methoxy groups -OCH3 is 1. The Balaban J connectivity index is 2.27. The van der Waals surface area contributed by atoms with E-state index >= 15 is 0 Å². The summed E-state index contributed by atoms with van der Waals surface area (Å²) in [5, 5.41) is 3.45. The SMILES string of the molecule is CCCNC(C1=CCCCO1)c1ccc(F)c(OC)c1. The second kappa shape index (κ2) is 7.29. The summed E-state index contributed by atoms with van der Waals surface area (Å²) in [5.74, 6) is 0.851. The Morgan fingerprint density at radius 3 is 2.95 bits per heavy atom. The second-order valence-electron chi connectivity index (χ2n) is 4.88. The van der Waals surface area contributed by atoms with Crippen LogP contribution in [0.5, 0.6) is 5.75 Å². The molecule has 1 N–H and O–H groups in total. The molecule has 1 unspecified atom stereocenters. The Hall–Kier alpha value is -1.55. The van der Waals surface area contributed by atoms with Crippen molar-refractivity contribution in [3.63, 3.8) is 0 Å². The topological polar surface area (TPSA) is 30.5 Å². The number of nitrogens with one attached hydrogen (secondary N) is 1. The Labute approximate surface area is 119 Å². The van der Waals surface area contributed by atoms with Gasteiger partial charge in [0, 0.05) is 0 Å². The summed E-state index contributed by atoms with van der Waals surface area (Å²) in [6.45, 7) is 3.74. The van der Waals surface area contributed by atoms with E-state index in [0.29, 0.717) is 0 Å². The van der Waals surface area contributed by atoms with Gasteiger partial charge in [-0.25, -0.2) is 4.39 Å². The minimum atomic E-state index is -0.343. The lowest BCUT2D eigenvalue weighted by Gasteiger charge is -2.25. The van der Waals surface area contributed by atoms with Crippen molar-refractivity contribution in [1.29, 1.82) is 0 Å². The number of allylic oxidation sites excluding steroid dienone is 1. The van der Waals surface area contributed by atoms with Gasteiger partial charge in [0.05, 0.1) is 19.8 Å². The van der Waals surface area contributed by atoms with Crippen LogP contribution in [0.25, 0.3) is 0 Å². The summed E-state index contributed by atoms with van der Waals surface area (Å²) in [6.07, 6.45) is 5.23. The van der Waals surface area contributed by atoms with Gasteiger partial charge >= 0.3 is 0 Å². The van der Waals surface area contributed by atoms with Crippen LogP contribution in [0.2, 0.25) is 0 Å². The van der Waals surface area contributed by atoms with Crippen LogP contribution in [0.3, 0.4) is 0 Å². The zero-order valence-corrected chi connectivity index (χ0v) is 12.1. The maximum Gasteiger partial charge on any atom is 0.165 e. The van der Waals surface area contributed by atoms with Gasteiger partial charge in [0.15, 0.2) is 11.6 Å². The van der Waals surface area contributed by atoms with E-state index in [1.54, 1.807) is 12.1 Å². The van der Waals surface area contributed by atoms with Crippen LogP contribution in [0.1, 0.15) is 37.8 Å². The van der Waals surface area contributed by atoms with Crippen molar-refractivity contribution in [1.82, 2.24) is 5.32 Å². The predicted octanol–water partition coefficient (Wildman–Crippen LogP) is 3.57. The third-order valence-electron chi connectivity index (χ3n) is 3.35. The number of rotatable bonds is 6. The molecule has 0 amide bonds. The molecule has 0 aliphatic carbocycles. The van der Waals surface area contributed by atoms with Crippen molar-refractivity contribution < 1.29 is 13.9 Å². The van der Waals surface area contributed by atoms with Gasteiger partial charge in [-0.1, -0.05) is 13.0 Å². The molecule has 0 spiro atoms. The van der Waals surface area contributed by atoms with Crippen LogP contribution in [-0.4, -0.2) is 20.3 Å². The molecule has 0 aromatic heterocycles. The van der Waals surface area contributed by atoms with E-state index in [1.165, 1.54) is 13.2 Å². The smallest absolute Gasteiger partial charge is 0.165 e. The number of hydrogen-bond acceptors (Lipinski definition) is 3. The Bertz CT molecular complexity index is 474. The molecular weight excluding hydrogens is 257 g/mol. The molecule has 110 valence electrons. The van der Waals surface area contributed by atoms with E-state index in [9.17, 15) is 4.39 Å². The van der Waals surface area contributed by atoms with E-state index in [4.69, 9.17) is 9.47 Å². The standard InChI is InChI=1S/C16H22FNO2/c1-3-9-18-16(14-6-4-5-10-20-14)12-7-8-13(17)15(11-12)19-2/h6-8,11,16,18H,3-5,9-10H2,1-2H3. The molecule has 0 saturated carbocycles. The lowest BCUT2D eigenvalue weighted by atomic mass is 10.0. The van der Waals surface area contributed by atoms with Gasteiger partial charge < -0.3 is 14.8 Å². The summed E-state index contributed by atoms with van der Waals surface area (Å²) in [7, 11) is 1.48. The quantitative estimate of drug-likeness (QED) is 0.863. The molecule has 1 heterocycles. The lowest BCUT2D eigenvalue weighted by Crippen LogP contribution is -2.26. The molecule has 0 bridgehead atoms. The zero-order valence-electron chi connectivity index (χ0n) is 12.1. The molecule has 0 fully saturated rings. The molecule has 1 atom stereocenters. The fourth-order valence-electron chi connectivity index (χ4n) is 2.31. The van der Waals surface area contributed by atoms with Gasteiger partial charge in [-0.2, -0.15) is 0 Å². The van der Waals surface area contributed by atoms with Gasteiger partial charge in [-0.05, 0) is 49.6 Å². The van der Waals surface area contributed by atoms with Gasteiger partial charge in [0.2, 0.25) is 0 Å². The van der Waals surface area contributed by atoms with Gasteiger partial charge in [-0.15, -0.1) is 0 Å². The van der Waals surface area contributed by atoms with Crippen molar-refractivity contribution in [2.45, 2.75) is 32.2 Å². The van der Waals surface area contributed by atoms with Crippen LogP contribution >= 0.6 is 0 Å². The van der Waals surface area contributed by atoms with Crippen LogP contribution < -0.4 is 10.1 Å². The number of halogens is 1. The minimum Gasteiger partial charge on any atom is -0.496 e. The lowest BCUT2D eigenvalue weighted by molar-refractivity contribution is 0.167. The Morgan fingerprint density at radius 2 is 2.30 bits per heavy atom. The van der Waals surface area contributed by atoms with Crippen molar-refractivity contribution in [2.24, 2.45) is 0 Å². The van der Waals surface area contributed by atoms with Crippen molar-refractivity contribution in [3.8, 4) is 5.75 Å². The molecule has 0 saturated heterocycles. The average Bonchev–Trinajstić information content (AvgIpc) is 2.50. The highest BCUT2D eigenvalue weighted by atomic mass is 19.1. The Kier molecular flexibility index (Phi) is 5.41. The third-order valence-corrected chi connectivity index (χ3v) is 3.35. The second-order valence-corrected chi connectivity index (χ2v) is 4.88. The largest absolute Gasteiger partial charge is 0.496 e. The molecule has 1 aromatic rings. The summed E-state index contributed by atoms with van der Waals surface area (Å²) in [5.41, 5.74) is 0.963. The van der Waals surface area contributed by atoms with E-state index in [1.807, 2.05) is 0 Å². The summed E-state index contributed by atoms with van der Waals surface area (Å²) < 4.78 is 24.4. The maximum absolute atomic E-state index is 13.5. The first-order valence-corrected chi connectivity index (χ1v) is 7.16. The summed E-state index contributed by atoms with van der Waals surface area (Å²) in [6, 6.07) is 4.92. The first-order chi connectivity index (χ1) is 9.76. The Morgan fingerprint density at radius 1 is 1.45 bits per heavy atom. The molecule has 3 nitrogen and oxygen atoms in total. The fourth-order valence-corrected chi connectivity index (χ4v) is 2.31. The molecule has 20 heavy (non-hydrogen) atoms. The molecule has 1 aliphatic rings. The molecule has 1 aliphatic heterocycles.